The Kier molecular flexibility index (Phi) is 7.30. The zero-order chi connectivity index (χ0) is 25.2. The number of carbonyl (C=O) groups excluding carboxylic acids is 2. The Morgan fingerprint density at radius 3 is 2.57 bits per heavy atom. The van der Waals surface area contributed by atoms with Crippen LogP contribution in [0.25, 0.3) is 0 Å². The quantitative estimate of drug-likeness (QED) is 0.479. The van der Waals surface area contributed by atoms with E-state index in [0.717, 1.165) is 9.87 Å². The number of sulfonamides is 1. The van der Waals surface area contributed by atoms with Crippen LogP contribution in [-0.2, 0) is 26.0 Å². The van der Waals surface area contributed by atoms with Crippen LogP contribution in [0.15, 0.2) is 71.9 Å². The maximum Gasteiger partial charge on any atom is 0.266 e. The minimum Gasteiger partial charge on any atom is -0.355 e. The van der Waals surface area contributed by atoms with Crippen LogP contribution >= 0.6 is 23.2 Å². The Morgan fingerprint density at radius 2 is 1.83 bits per heavy atom. The number of para-hydroxylation sites is 2. The van der Waals surface area contributed by atoms with Gasteiger partial charge in [0.1, 0.15) is 10.9 Å². The fourth-order valence-electron chi connectivity index (χ4n) is 3.92. The normalized spacial score (nSPS) is 16.3. The summed E-state index contributed by atoms with van der Waals surface area (Å²) >= 11 is 12.3. The second-order valence-electron chi connectivity index (χ2n) is 7.99. The SMILES string of the molecule is CC(C(=O)NCCc1ccncc1)C1C(=O)Nc2ccccc2N1S(=O)(=O)c1cccc(Cl)c1Cl. The third kappa shape index (κ3) is 4.98. The largest absolute Gasteiger partial charge is 0.355 e. The van der Waals surface area contributed by atoms with Gasteiger partial charge in [-0.2, -0.15) is 0 Å². The van der Waals surface area contributed by atoms with Crippen molar-refractivity contribution in [3.63, 3.8) is 0 Å². The summed E-state index contributed by atoms with van der Waals surface area (Å²) in [5.74, 6) is -2.10. The molecule has 1 aliphatic rings. The summed E-state index contributed by atoms with van der Waals surface area (Å²) in [5.41, 5.74) is 1.52. The first-order valence-electron chi connectivity index (χ1n) is 10.8. The van der Waals surface area contributed by atoms with Crippen molar-refractivity contribution in [1.82, 2.24) is 10.3 Å². The molecule has 1 aliphatic heterocycles. The van der Waals surface area contributed by atoms with E-state index in [4.69, 9.17) is 23.2 Å². The summed E-state index contributed by atoms with van der Waals surface area (Å²) in [5, 5.41) is 5.41. The average molecular weight is 533 g/mol. The molecule has 2 unspecified atom stereocenters. The number of hydrogen-bond acceptors (Lipinski definition) is 5. The number of amides is 2. The van der Waals surface area contributed by atoms with Gasteiger partial charge in [-0.15, -0.1) is 0 Å². The molecule has 0 saturated carbocycles. The number of nitrogens with zero attached hydrogens (tertiary/aromatic N) is 2. The predicted octanol–water partition coefficient (Wildman–Crippen LogP) is 3.90. The monoisotopic (exact) mass is 532 g/mol. The molecule has 11 heteroatoms. The summed E-state index contributed by atoms with van der Waals surface area (Å²) in [6.07, 6.45) is 3.88. The number of hydrogen-bond donors (Lipinski definition) is 2. The Bertz CT molecular complexity index is 1370. The van der Waals surface area contributed by atoms with Gasteiger partial charge in [-0.1, -0.05) is 48.3 Å². The van der Waals surface area contributed by atoms with Gasteiger partial charge in [0.05, 0.1) is 27.3 Å². The van der Waals surface area contributed by atoms with Crippen LogP contribution in [-0.4, -0.2) is 37.8 Å². The third-order valence-corrected chi connectivity index (χ3v) is 8.49. The zero-order valence-electron chi connectivity index (χ0n) is 18.6. The van der Waals surface area contributed by atoms with E-state index in [2.05, 4.69) is 15.6 Å². The van der Waals surface area contributed by atoms with Crippen molar-refractivity contribution in [3.05, 3.63) is 82.6 Å². The zero-order valence-corrected chi connectivity index (χ0v) is 20.9. The molecule has 3 aromatic rings. The molecule has 182 valence electrons. The van der Waals surface area contributed by atoms with E-state index in [1.54, 1.807) is 36.7 Å². The predicted molar refractivity (Wildman–Crippen MR) is 135 cm³/mol. The van der Waals surface area contributed by atoms with Crippen LogP contribution in [0.1, 0.15) is 12.5 Å². The van der Waals surface area contributed by atoms with E-state index in [0.29, 0.717) is 18.7 Å². The van der Waals surface area contributed by atoms with Crippen LogP contribution in [0, 0.1) is 5.92 Å². The van der Waals surface area contributed by atoms with Gasteiger partial charge in [-0.25, -0.2) is 8.42 Å². The van der Waals surface area contributed by atoms with Crippen molar-refractivity contribution >= 4 is 56.4 Å². The van der Waals surface area contributed by atoms with Crippen molar-refractivity contribution in [2.75, 3.05) is 16.2 Å². The summed E-state index contributed by atoms with van der Waals surface area (Å²) in [7, 11) is -4.38. The van der Waals surface area contributed by atoms with Gasteiger partial charge in [-0.05, 0) is 48.4 Å². The fraction of sp³-hybridized carbons (Fsp3) is 0.208. The lowest BCUT2D eigenvalue weighted by Gasteiger charge is -2.39. The minimum absolute atomic E-state index is 0.0564. The van der Waals surface area contributed by atoms with Gasteiger partial charge in [0.25, 0.3) is 10.0 Å². The fourth-order valence-corrected chi connectivity index (χ4v) is 6.36. The van der Waals surface area contributed by atoms with E-state index >= 15 is 0 Å². The first-order chi connectivity index (χ1) is 16.7. The number of aromatic nitrogens is 1. The molecule has 35 heavy (non-hydrogen) atoms. The number of fused-ring (bicyclic) bond motifs is 1. The van der Waals surface area contributed by atoms with E-state index in [1.807, 2.05) is 12.1 Å². The molecule has 4 rings (SSSR count). The first-order valence-corrected chi connectivity index (χ1v) is 13.0. The smallest absolute Gasteiger partial charge is 0.266 e. The minimum atomic E-state index is -4.38. The molecule has 2 heterocycles. The van der Waals surface area contributed by atoms with E-state index in [1.165, 1.54) is 25.1 Å². The third-order valence-electron chi connectivity index (χ3n) is 5.72. The van der Waals surface area contributed by atoms with Gasteiger partial charge in [0, 0.05) is 18.9 Å². The van der Waals surface area contributed by atoms with Crippen LogP contribution in [0.5, 0.6) is 0 Å². The molecule has 0 bridgehead atoms. The number of anilines is 2. The number of rotatable bonds is 7. The van der Waals surface area contributed by atoms with Gasteiger partial charge < -0.3 is 10.6 Å². The summed E-state index contributed by atoms with van der Waals surface area (Å²) in [6.45, 7) is 1.83. The molecule has 0 radical (unpaired) electrons. The molecular formula is C24H22Cl2N4O4S. The number of nitrogens with one attached hydrogen (secondary N) is 2. The number of halogens is 2. The lowest BCUT2D eigenvalue weighted by molar-refractivity contribution is -0.129. The van der Waals surface area contributed by atoms with Crippen molar-refractivity contribution in [1.29, 1.82) is 0 Å². The molecule has 0 fully saturated rings. The van der Waals surface area contributed by atoms with Crippen molar-refractivity contribution in [3.8, 4) is 0 Å². The second-order valence-corrected chi connectivity index (χ2v) is 10.6. The molecule has 2 N–H and O–H groups in total. The molecule has 1 aromatic heterocycles. The van der Waals surface area contributed by atoms with Gasteiger partial charge >= 0.3 is 0 Å². The molecule has 0 spiro atoms. The maximum atomic E-state index is 13.9. The lowest BCUT2D eigenvalue weighted by atomic mass is 9.97. The Morgan fingerprint density at radius 1 is 1.11 bits per heavy atom. The van der Waals surface area contributed by atoms with Gasteiger partial charge in [0.15, 0.2) is 0 Å². The van der Waals surface area contributed by atoms with Gasteiger partial charge in [0.2, 0.25) is 11.8 Å². The molecule has 2 amide bonds. The Labute approximate surface area is 213 Å². The van der Waals surface area contributed by atoms with Crippen molar-refractivity contribution < 1.29 is 18.0 Å². The van der Waals surface area contributed by atoms with E-state index in [9.17, 15) is 18.0 Å². The number of benzene rings is 2. The van der Waals surface area contributed by atoms with E-state index in [-0.39, 0.29) is 20.6 Å². The number of pyridine rings is 1. The Balaban J connectivity index is 1.68. The molecule has 8 nitrogen and oxygen atoms in total. The molecular weight excluding hydrogens is 511 g/mol. The molecule has 2 atom stereocenters. The highest BCUT2D eigenvalue weighted by molar-refractivity contribution is 7.93. The Hall–Kier alpha value is -3.14. The average Bonchev–Trinajstić information content (AvgIpc) is 2.84. The maximum absolute atomic E-state index is 13.9. The highest BCUT2D eigenvalue weighted by Gasteiger charge is 2.46. The van der Waals surface area contributed by atoms with Crippen LogP contribution in [0.2, 0.25) is 10.0 Å². The second kappa shape index (κ2) is 10.2. The summed E-state index contributed by atoms with van der Waals surface area (Å²) in [4.78, 5) is 29.9. The highest BCUT2D eigenvalue weighted by Crippen LogP contribution is 2.40. The molecule has 0 saturated heterocycles. The lowest BCUT2D eigenvalue weighted by Crippen LogP contribution is -2.57. The summed E-state index contributed by atoms with van der Waals surface area (Å²) < 4.78 is 28.7. The first kappa shape index (κ1) is 25.0. The van der Waals surface area contributed by atoms with Crippen LogP contribution < -0.4 is 14.9 Å². The highest BCUT2D eigenvalue weighted by atomic mass is 35.5. The molecule has 0 aliphatic carbocycles. The molecule has 2 aromatic carbocycles. The topological polar surface area (TPSA) is 108 Å². The summed E-state index contributed by atoms with van der Waals surface area (Å²) in [6, 6.07) is 13.0. The van der Waals surface area contributed by atoms with Crippen molar-refractivity contribution in [2.45, 2.75) is 24.3 Å². The van der Waals surface area contributed by atoms with Crippen LogP contribution in [0.3, 0.4) is 0 Å². The van der Waals surface area contributed by atoms with Crippen molar-refractivity contribution in [2.24, 2.45) is 5.92 Å². The standard InChI is InChI=1S/C24H22Cl2N4O4S/c1-15(23(31)28-14-11-16-9-12-27-13-10-16)22-24(32)29-18-6-2-3-7-19(18)30(22)35(33,34)20-8-4-5-17(25)21(20)26/h2-10,12-13,15,22H,11,14H2,1H3,(H,28,31)(H,29,32). The van der Waals surface area contributed by atoms with Gasteiger partial charge in [-0.3, -0.25) is 18.9 Å². The van der Waals surface area contributed by atoms with E-state index < -0.39 is 33.8 Å². The number of carbonyl (C=O) groups is 2. The van der Waals surface area contributed by atoms with Crippen LogP contribution in [0.4, 0.5) is 11.4 Å².